The molecule has 0 spiro atoms. The van der Waals surface area contributed by atoms with Gasteiger partial charge in [0.15, 0.2) is 0 Å². The van der Waals surface area contributed by atoms with E-state index < -0.39 is 0 Å². The normalized spacial score (nSPS) is 12.6. The maximum absolute atomic E-state index is 5.29. The van der Waals surface area contributed by atoms with E-state index in [1.165, 1.54) is 4.88 Å². The molecule has 110 valence electrons. The first-order chi connectivity index (χ1) is 9.80. The number of hydrogen-bond acceptors (Lipinski definition) is 5. The summed E-state index contributed by atoms with van der Waals surface area (Å²) >= 11 is 1.70. The Balaban J connectivity index is 2.28. The molecule has 2 rings (SSSR count). The van der Waals surface area contributed by atoms with Crippen LogP contribution in [0.25, 0.3) is 0 Å². The fourth-order valence-corrected chi connectivity index (χ4v) is 3.05. The minimum Gasteiger partial charge on any atom is -0.496 e. The summed E-state index contributed by atoms with van der Waals surface area (Å²) in [5, 5.41) is 13.9. The van der Waals surface area contributed by atoms with Crippen LogP contribution < -0.4 is 10.1 Å². The van der Waals surface area contributed by atoms with Crippen LogP contribution in [0.15, 0.2) is 17.6 Å². The van der Waals surface area contributed by atoms with Crippen molar-refractivity contribution in [3.05, 3.63) is 28.2 Å². The van der Waals surface area contributed by atoms with E-state index in [0.717, 1.165) is 37.4 Å². The molecule has 0 radical (unpaired) electrons. The summed E-state index contributed by atoms with van der Waals surface area (Å²) in [5.74, 6) is 0.905. The second-order valence-electron chi connectivity index (χ2n) is 4.66. The van der Waals surface area contributed by atoms with E-state index in [4.69, 9.17) is 4.74 Å². The zero-order valence-corrected chi connectivity index (χ0v) is 13.1. The van der Waals surface area contributed by atoms with Crippen LogP contribution in [0, 0.1) is 0 Å². The van der Waals surface area contributed by atoms with Crippen molar-refractivity contribution in [1.82, 2.24) is 20.3 Å². The monoisotopic (exact) mass is 294 g/mol. The summed E-state index contributed by atoms with van der Waals surface area (Å²) < 4.78 is 7.27. The fourth-order valence-electron chi connectivity index (χ4n) is 2.11. The van der Waals surface area contributed by atoms with Gasteiger partial charge in [0.1, 0.15) is 5.75 Å². The lowest BCUT2D eigenvalue weighted by molar-refractivity contribution is 0.416. The topological polar surface area (TPSA) is 52.0 Å². The van der Waals surface area contributed by atoms with Crippen LogP contribution in [0.5, 0.6) is 5.75 Å². The van der Waals surface area contributed by atoms with Gasteiger partial charge >= 0.3 is 0 Å². The highest BCUT2D eigenvalue weighted by Crippen LogP contribution is 2.30. The van der Waals surface area contributed by atoms with Crippen LogP contribution >= 0.6 is 11.3 Å². The fraction of sp³-hybridized carbons (Fsp3) is 0.571. The number of thiophene rings is 1. The Bertz CT molecular complexity index is 523. The van der Waals surface area contributed by atoms with E-state index in [-0.39, 0.29) is 6.04 Å². The maximum Gasteiger partial charge on any atom is 0.129 e. The highest BCUT2D eigenvalue weighted by molar-refractivity contribution is 7.10. The lowest BCUT2D eigenvalue weighted by Gasteiger charge is -2.17. The van der Waals surface area contributed by atoms with Gasteiger partial charge in [0.25, 0.3) is 0 Å². The molecule has 0 saturated carbocycles. The molecule has 0 fully saturated rings. The van der Waals surface area contributed by atoms with Gasteiger partial charge in [-0.05, 0) is 25.5 Å². The van der Waals surface area contributed by atoms with Crippen molar-refractivity contribution < 1.29 is 4.74 Å². The Kier molecular flexibility index (Phi) is 5.55. The number of nitrogens with one attached hydrogen (secondary N) is 1. The summed E-state index contributed by atoms with van der Waals surface area (Å²) in [6.07, 6.45) is 3.99. The largest absolute Gasteiger partial charge is 0.496 e. The van der Waals surface area contributed by atoms with Gasteiger partial charge in [-0.15, -0.1) is 16.4 Å². The van der Waals surface area contributed by atoms with Crippen LogP contribution in [-0.2, 0) is 6.54 Å². The zero-order chi connectivity index (χ0) is 14.4. The summed E-state index contributed by atoms with van der Waals surface area (Å²) in [6, 6.07) is 2.21. The van der Waals surface area contributed by atoms with E-state index in [1.807, 2.05) is 16.3 Å². The van der Waals surface area contributed by atoms with Crippen LogP contribution in [0.1, 0.15) is 43.3 Å². The van der Waals surface area contributed by atoms with Crippen LogP contribution in [0.2, 0.25) is 0 Å². The number of aryl methyl sites for hydroxylation is 1. The lowest BCUT2D eigenvalue weighted by Crippen LogP contribution is -2.25. The molecule has 0 saturated heterocycles. The second-order valence-corrected chi connectivity index (χ2v) is 5.60. The summed E-state index contributed by atoms with van der Waals surface area (Å²) in [7, 11) is 1.70. The lowest BCUT2D eigenvalue weighted by atomic mass is 10.1. The van der Waals surface area contributed by atoms with Gasteiger partial charge in [-0.25, -0.2) is 4.68 Å². The van der Waals surface area contributed by atoms with Gasteiger partial charge in [-0.3, -0.25) is 0 Å². The summed E-state index contributed by atoms with van der Waals surface area (Å²) in [6.45, 7) is 6.17. The van der Waals surface area contributed by atoms with Crippen LogP contribution in [0.4, 0.5) is 0 Å². The molecule has 0 amide bonds. The van der Waals surface area contributed by atoms with Crippen molar-refractivity contribution in [2.24, 2.45) is 0 Å². The number of nitrogens with zero attached hydrogens (tertiary/aromatic N) is 3. The second kappa shape index (κ2) is 7.40. The molecule has 2 heterocycles. The van der Waals surface area contributed by atoms with Crippen molar-refractivity contribution in [3.63, 3.8) is 0 Å². The molecular formula is C14H22N4OS. The Morgan fingerprint density at radius 1 is 1.40 bits per heavy atom. The van der Waals surface area contributed by atoms with Gasteiger partial charge in [-0.1, -0.05) is 19.1 Å². The van der Waals surface area contributed by atoms with E-state index in [2.05, 4.69) is 35.5 Å². The summed E-state index contributed by atoms with van der Waals surface area (Å²) in [5.41, 5.74) is 1.12. The molecule has 1 N–H and O–H groups in total. The number of ether oxygens (including phenoxy) is 1. The Labute approximate surface area is 124 Å². The van der Waals surface area contributed by atoms with Gasteiger partial charge < -0.3 is 10.1 Å². The number of methoxy groups -OCH3 is 1. The van der Waals surface area contributed by atoms with Gasteiger partial charge in [0.05, 0.1) is 25.0 Å². The number of rotatable bonds is 8. The molecule has 1 atom stereocenters. The first-order valence-electron chi connectivity index (χ1n) is 7.04. The molecule has 20 heavy (non-hydrogen) atoms. The quantitative estimate of drug-likeness (QED) is 0.813. The van der Waals surface area contributed by atoms with E-state index >= 15 is 0 Å². The van der Waals surface area contributed by atoms with Crippen molar-refractivity contribution >= 4 is 11.3 Å². The Morgan fingerprint density at radius 3 is 2.90 bits per heavy atom. The van der Waals surface area contributed by atoms with Gasteiger partial charge in [0, 0.05) is 16.8 Å². The highest BCUT2D eigenvalue weighted by atomic mass is 32.1. The standard InChI is InChI=1S/C14H22N4OS/c1-4-6-15-14(13-8-11(19-3)10-20-13)12-9-16-17-18(12)7-5-2/h8-10,14-15H,4-7H2,1-3H3. The third-order valence-electron chi connectivity index (χ3n) is 3.09. The molecule has 0 bridgehead atoms. The van der Waals surface area contributed by atoms with Crippen LogP contribution in [0.3, 0.4) is 0 Å². The van der Waals surface area contributed by atoms with E-state index in [0.29, 0.717) is 0 Å². The molecule has 2 aromatic rings. The molecule has 1 unspecified atom stereocenters. The first-order valence-corrected chi connectivity index (χ1v) is 7.92. The van der Waals surface area contributed by atoms with Crippen molar-refractivity contribution in [1.29, 1.82) is 0 Å². The van der Waals surface area contributed by atoms with Crippen molar-refractivity contribution in [3.8, 4) is 5.75 Å². The molecule has 0 aliphatic rings. The average molecular weight is 294 g/mol. The molecule has 0 aromatic carbocycles. The predicted octanol–water partition coefficient (Wildman–Crippen LogP) is 2.85. The van der Waals surface area contributed by atoms with Crippen LogP contribution in [-0.4, -0.2) is 28.6 Å². The molecule has 5 nitrogen and oxygen atoms in total. The third-order valence-corrected chi connectivity index (χ3v) is 4.07. The maximum atomic E-state index is 5.29. The minimum atomic E-state index is 0.130. The minimum absolute atomic E-state index is 0.130. The molecule has 0 aliphatic heterocycles. The Morgan fingerprint density at radius 2 is 2.25 bits per heavy atom. The van der Waals surface area contributed by atoms with E-state index in [9.17, 15) is 0 Å². The Hall–Kier alpha value is -1.40. The first kappa shape index (κ1) is 15.0. The molecular weight excluding hydrogens is 272 g/mol. The highest BCUT2D eigenvalue weighted by Gasteiger charge is 2.20. The van der Waals surface area contributed by atoms with E-state index in [1.54, 1.807) is 18.4 Å². The average Bonchev–Trinajstić information content (AvgIpc) is 3.10. The summed E-state index contributed by atoms with van der Waals surface area (Å²) in [4.78, 5) is 1.23. The zero-order valence-electron chi connectivity index (χ0n) is 12.3. The van der Waals surface area contributed by atoms with Gasteiger partial charge in [-0.2, -0.15) is 0 Å². The third kappa shape index (κ3) is 3.37. The molecule has 0 aliphatic carbocycles. The van der Waals surface area contributed by atoms with Gasteiger partial charge in [0.2, 0.25) is 0 Å². The van der Waals surface area contributed by atoms with Crippen molar-refractivity contribution in [2.75, 3.05) is 13.7 Å². The number of hydrogen-bond donors (Lipinski definition) is 1. The predicted molar refractivity (Wildman–Crippen MR) is 81.3 cm³/mol. The molecule has 2 aromatic heterocycles. The SMILES string of the molecule is CCCNC(c1cc(OC)cs1)c1cnnn1CCC. The smallest absolute Gasteiger partial charge is 0.129 e. The number of aromatic nitrogens is 3. The molecule has 6 heteroatoms. The van der Waals surface area contributed by atoms with Crippen molar-refractivity contribution in [2.45, 2.75) is 39.3 Å².